The number of benzene rings is 1. The SMILES string of the molecule is C#Cc1ccc(OCc2ccnc(-c3ccccn3)c2)cc1. The molecule has 0 spiro atoms. The largest absolute Gasteiger partial charge is 0.489 e. The second-order valence-electron chi connectivity index (χ2n) is 4.72. The highest BCUT2D eigenvalue weighted by Crippen LogP contribution is 2.17. The van der Waals surface area contributed by atoms with Crippen LogP contribution in [0.4, 0.5) is 0 Å². The van der Waals surface area contributed by atoms with E-state index in [9.17, 15) is 0 Å². The van der Waals surface area contributed by atoms with Gasteiger partial charge in [0, 0.05) is 18.0 Å². The lowest BCUT2D eigenvalue weighted by Crippen LogP contribution is -1.97. The second kappa shape index (κ2) is 6.55. The maximum Gasteiger partial charge on any atom is 0.119 e. The third kappa shape index (κ3) is 3.31. The molecule has 0 N–H and O–H groups in total. The molecule has 2 heterocycles. The topological polar surface area (TPSA) is 35.0 Å². The molecule has 3 nitrogen and oxygen atoms in total. The zero-order valence-corrected chi connectivity index (χ0v) is 11.9. The minimum Gasteiger partial charge on any atom is -0.489 e. The van der Waals surface area contributed by atoms with Gasteiger partial charge in [-0.15, -0.1) is 6.42 Å². The quantitative estimate of drug-likeness (QED) is 0.686. The predicted molar refractivity (Wildman–Crippen MR) is 86.2 cm³/mol. The lowest BCUT2D eigenvalue weighted by Gasteiger charge is -2.07. The highest BCUT2D eigenvalue weighted by Gasteiger charge is 2.02. The van der Waals surface area contributed by atoms with Crippen LogP contribution < -0.4 is 4.74 Å². The molecule has 0 radical (unpaired) electrons. The van der Waals surface area contributed by atoms with Gasteiger partial charge >= 0.3 is 0 Å². The van der Waals surface area contributed by atoms with Crippen LogP contribution >= 0.6 is 0 Å². The lowest BCUT2D eigenvalue weighted by atomic mass is 10.2. The minimum atomic E-state index is 0.470. The highest BCUT2D eigenvalue weighted by atomic mass is 16.5. The zero-order valence-electron chi connectivity index (χ0n) is 11.9. The molecule has 2 aromatic heterocycles. The van der Waals surface area contributed by atoms with Crippen molar-refractivity contribution in [2.75, 3.05) is 0 Å². The number of terminal acetylenes is 1. The first-order valence-electron chi connectivity index (χ1n) is 6.91. The summed E-state index contributed by atoms with van der Waals surface area (Å²) in [6.45, 7) is 0.470. The third-order valence-corrected chi connectivity index (χ3v) is 3.18. The first-order valence-corrected chi connectivity index (χ1v) is 6.91. The molecule has 0 bridgehead atoms. The van der Waals surface area contributed by atoms with Crippen molar-refractivity contribution < 1.29 is 4.74 Å². The minimum absolute atomic E-state index is 0.470. The van der Waals surface area contributed by atoms with Crippen molar-refractivity contribution in [3.05, 3.63) is 78.1 Å². The normalized spacial score (nSPS) is 9.95. The summed E-state index contributed by atoms with van der Waals surface area (Å²) in [7, 11) is 0. The molecule has 0 aliphatic carbocycles. The van der Waals surface area contributed by atoms with E-state index < -0.39 is 0 Å². The highest BCUT2D eigenvalue weighted by molar-refractivity contribution is 5.54. The Hall–Kier alpha value is -3.12. The number of nitrogens with zero attached hydrogens (tertiary/aromatic N) is 2. The Kier molecular flexibility index (Phi) is 4.12. The van der Waals surface area contributed by atoms with Gasteiger partial charge in [0.25, 0.3) is 0 Å². The maximum atomic E-state index is 5.77. The number of rotatable bonds is 4. The Morgan fingerprint density at radius 1 is 0.909 bits per heavy atom. The van der Waals surface area contributed by atoms with E-state index >= 15 is 0 Å². The molecule has 0 unspecified atom stereocenters. The second-order valence-corrected chi connectivity index (χ2v) is 4.72. The van der Waals surface area contributed by atoms with Crippen molar-refractivity contribution in [2.24, 2.45) is 0 Å². The summed E-state index contributed by atoms with van der Waals surface area (Å²) in [5, 5.41) is 0. The van der Waals surface area contributed by atoms with Crippen molar-refractivity contribution in [3.8, 4) is 29.5 Å². The van der Waals surface area contributed by atoms with Crippen molar-refractivity contribution in [1.82, 2.24) is 9.97 Å². The van der Waals surface area contributed by atoms with Crippen molar-refractivity contribution >= 4 is 0 Å². The van der Waals surface area contributed by atoms with Crippen LogP contribution in [-0.2, 0) is 6.61 Å². The van der Waals surface area contributed by atoms with Gasteiger partial charge in [0.05, 0.1) is 11.4 Å². The van der Waals surface area contributed by atoms with E-state index in [1.54, 1.807) is 12.4 Å². The predicted octanol–water partition coefficient (Wildman–Crippen LogP) is 3.70. The van der Waals surface area contributed by atoms with E-state index in [-0.39, 0.29) is 0 Å². The van der Waals surface area contributed by atoms with Gasteiger partial charge < -0.3 is 4.74 Å². The van der Waals surface area contributed by atoms with E-state index in [1.807, 2.05) is 54.6 Å². The van der Waals surface area contributed by atoms with Gasteiger partial charge in [0.1, 0.15) is 12.4 Å². The summed E-state index contributed by atoms with van der Waals surface area (Å²) >= 11 is 0. The number of hydrogen-bond acceptors (Lipinski definition) is 3. The summed E-state index contributed by atoms with van der Waals surface area (Å²) in [5.74, 6) is 3.37. The fourth-order valence-corrected chi connectivity index (χ4v) is 2.03. The van der Waals surface area contributed by atoms with E-state index in [4.69, 9.17) is 11.2 Å². The first-order chi connectivity index (χ1) is 10.8. The molecule has 0 aliphatic rings. The summed E-state index contributed by atoms with van der Waals surface area (Å²) < 4.78 is 5.77. The standard InChI is InChI=1S/C19H14N2O/c1-2-15-6-8-17(9-7-15)22-14-16-10-12-21-19(13-16)18-5-3-4-11-20-18/h1,3-13H,14H2. The van der Waals surface area contributed by atoms with Gasteiger partial charge in [0.15, 0.2) is 0 Å². The smallest absolute Gasteiger partial charge is 0.119 e. The van der Waals surface area contributed by atoms with E-state index in [0.717, 1.165) is 28.3 Å². The van der Waals surface area contributed by atoms with Crippen LogP contribution in [-0.4, -0.2) is 9.97 Å². The summed E-state index contributed by atoms with van der Waals surface area (Å²) in [6.07, 6.45) is 8.86. The Labute approximate surface area is 129 Å². The first kappa shape index (κ1) is 13.8. The van der Waals surface area contributed by atoms with Crippen LogP contribution in [0.1, 0.15) is 11.1 Å². The van der Waals surface area contributed by atoms with Gasteiger partial charge in [0.2, 0.25) is 0 Å². The molecule has 0 saturated heterocycles. The monoisotopic (exact) mass is 286 g/mol. The average molecular weight is 286 g/mol. The molecule has 1 aromatic carbocycles. The molecule has 3 rings (SSSR count). The summed E-state index contributed by atoms with van der Waals surface area (Å²) in [5.41, 5.74) is 3.57. The molecule has 3 aromatic rings. The van der Waals surface area contributed by atoms with Crippen molar-refractivity contribution in [1.29, 1.82) is 0 Å². The Balaban J connectivity index is 1.72. The zero-order chi connectivity index (χ0) is 15.2. The molecule has 3 heteroatoms. The van der Waals surface area contributed by atoms with E-state index in [1.165, 1.54) is 0 Å². The van der Waals surface area contributed by atoms with Crippen molar-refractivity contribution in [2.45, 2.75) is 6.61 Å². The fourth-order valence-electron chi connectivity index (χ4n) is 2.03. The molecule has 0 saturated carbocycles. The molecule has 0 fully saturated rings. The number of aromatic nitrogens is 2. The van der Waals surface area contributed by atoms with E-state index in [2.05, 4.69) is 15.9 Å². The maximum absolute atomic E-state index is 5.77. The van der Waals surface area contributed by atoms with Gasteiger partial charge in [-0.25, -0.2) is 0 Å². The Morgan fingerprint density at radius 2 is 1.73 bits per heavy atom. The van der Waals surface area contributed by atoms with Gasteiger partial charge in [-0.2, -0.15) is 0 Å². The Bertz CT molecular complexity index is 790. The van der Waals surface area contributed by atoms with Crippen LogP contribution in [0.15, 0.2) is 67.0 Å². The lowest BCUT2D eigenvalue weighted by molar-refractivity contribution is 0.306. The van der Waals surface area contributed by atoms with Gasteiger partial charge in [-0.05, 0) is 54.1 Å². The molecule has 22 heavy (non-hydrogen) atoms. The third-order valence-electron chi connectivity index (χ3n) is 3.18. The molecule has 0 atom stereocenters. The number of ether oxygens (including phenoxy) is 1. The fraction of sp³-hybridized carbons (Fsp3) is 0.0526. The van der Waals surface area contributed by atoms with Gasteiger partial charge in [-0.1, -0.05) is 12.0 Å². The molecular weight excluding hydrogens is 272 g/mol. The van der Waals surface area contributed by atoms with Crippen molar-refractivity contribution in [3.63, 3.8) is 0 Å². The van der Waals surface area contributed by atoms with Crippen LogP contribution in [0.5, 0.6) is 5.75 Å². The summed E-state index contributed by atoms with van der Waals surface area (Å²) in [6, 6.07) is 17.1. The van der Waals surface area contributed by atoms with Gasteiger partial charge in [-0.3, -0.25) is 9.97 Å². The van der Waals surface area contributed by atoms with E-state index in [0.29, 0.717) is 6.61 Å². The Morgan fingerprint density at radius 3 is 2.45 bits per heavy atom. The molecular formula is C19H14N2O. The number of pyridine rings is 2. The van der Waals surface area contributed by atoms with Crippen LogP contribution in [0.25, 0.3) is 11.4 Å². The summed E-state index contributed by atoms with van der Waals surface area (Å²) in [4.78, 5) is 8.65. The van der Waals surface area contributed by atoms with Crippen LogP contribution in [0.3, 0.4) is 0 Å². The molecule has 106 valence electrons. The molecule has 0 amide bonds. The van der Waals surface area contributed by atoms with Crippen LogP contribution in [0, 0.1) is 12.3 Å². The molecule has 0 aliphatic heterocycles. The van der Waals surface area contributed by atoms with Crippen LogP contribution in [0.2, 0.25) is 0 Å². The average Bonchev–Trinajstić information content (AvgIpc) is 2.61. The number of hydrogen-bond donors (Lipinski definition) is 0.